The molecule has 3 rings (SSSR count). The Morgan fingerprint density at radius 3 is 2.65 bits per heavy atom. The largest absolute Gasteiger partial charge is 0.486 e. The van der Waals surface area contributed by atoms with Gasteiger partial charge in [-0.1, -0.05) is 13.8 Å². The molecule has 3 atom stereocenters. The SMILES string of the molecule is CC1SCC(C(=O)c2ccc3c(c2)OCCO3)SC1C. The first-order valence-electron chi connectivity index (χ1n) is 6.86. The molecule has 2 aliphatic heterocycles. The van der Waals surface area contributed by atoms with E-state index < -0.39 is 0 Å². The predicted octanol–water partition coefficient (Wildman–Crippen LogP) is 3.27. The Bertz CT molecular complexity index is 518. The van der Waals surface area contributed by atoms with Gasteiger partial charge in [-0.3, -0.25) is 4.79 Å². The molecule has 1 aromatic rings. The molecule has 2 aliphatic rings. The Kier molecular flexibility index (Phi) is 4.17. The van der Waals surface area contributed by atoms with E-state index in [4.69, 9.17) is 9.47 Å². The molecule has 3 unspecified atom stereocenters. The zero-order chi connectivity index (χ0) is 14.1. The van der Waals surface area contributed by atoms with Crippen LogP contribution in [0.1, 0.15) is 24.2 Å². The van der Waals surface area contributed by atoms with Gasteiger partial charge in [-0.05, 0) is 18.2 Å². The Morgan fingerprint density at radius 1 is 1.15 bits per heavy atom. The molecule has 2 heterocycles. The van der Waals surface area contributed by atoms with Crippen LogP contribution in [0.15, 0.2) is 18.2 Å². The molecule has 1 fully saturated rings. The Morgan fingerprint density at radius 2 is 1.90 bits per heavy atom. The molecule has 0 bridgehead atoms. The summed E-state index contributed by atoms with van der Waals surface area (Å²) in [5.41, 5.74) is 0.731. The van der Waals surface area contributed by atoms with E-state index in [2.05, 4.69) is 13.8 Å². The number of ketones is 1. The highest BCUT2D eigenvalue weighted by Crippen LogP contribution is 2.38. The van der Waals surface area contributed by atoms with Crippen molar-refractivity contribution in [1.29, 1.82) is 0 Å². The van der Waals surface area contributed by atoms with Crippen molar-refractivity contribution >= 4 is 29.3 Å². The van der Waals surface area contributed by atoms with Crippen molar-refractivity contribution in [3.05, 3.63) is 23.8 Å². The third kappa shape index (κ3) is 2.79. The standard InChI is InChI=1S/C15H18O3S2/c1-9-10(2)20-14(8-19-9)15(16)11-3-4-12-13(7-11)18-6-5-17-12/h3-4,7,9-10,14H,5-6,8H2,1-2H3. The fourth-order valence-corrected chi connectivity index (χ4v) is 5.18. The van der Waals surface area contributed by atoms with E-state index in [9.17, 15) is 4.79 Å². The van der Waals surface area contributed by atoms with Gasteiger partial charge in [0.2, 0.25) is 0 Å². The van der Waals surface area contributed by atoms with E-state index >= 15 is 0 Å². The summed E-state index contributed by atoms with van der Waals surface area (Å²) in [5.74, 6) is 2.53. The molecule has 0 amide bonds. The minimum Gasteiger partial charge on any atom is -0.486 e. The number of hydrogen-bond acceptors (Lipinski definition) is 5. The number of carbonyl (C=O) groups excluding carboxylic acids is 1. The van der Waals surface area contributed by atoms with Crippen LogP contribution >= 0.6 is 23.5 Å². The number of benzene rings is 1. The molecular weight excluding hydrogens is 292 g/mol. The van der Waals surface area contributed by atoms with Crippen LogP contribution in [0.2, 0.25) is 0 Å². The first-order valence-corrected chi connectivity index (χ1v) is 8.85. The van der Waals surface area contributed by atoms with Crippen LogP contribution in [0.3, 0.4) is 0 Å². The Hall–Kier alpha value is -0.810. The van der Waals surface area contributed by atoms with Crippen molar-refractivity contribution in [3.8, 4) is 11.5 Å². The molecule has 0 aromatic heterocycles. The van der Waals surface area contributed by atoms with Gasteiger partial charge in [-0.2, -0.15) is 11.8 Å². The molecule has 3 nitrogen and oxygen atoms in total. The summed E-state index contributed by atoms with van der Waals surface area (Å²) in [4.78, 5) is 12.6. The number of rotatable bonds is 2. The second-order valence-electron chi connectivity index (χ2n) is 5.09. The molecule has 0 spiro atoms. The number of Topliss-reactive ketones (excluding diaryl/α,β-unsaturated/α-hetero) is 1. The minimum atomic E-state index is 0.0498. The van der Waals surface area contributed by atoms with Crippen LogP contribution in [-0.2, 0) is 0 Å². The zero-order valence-electron chi connectivity index (χ0n) is 11.6. The normalized spacial score (nSPS) is 29.0. The average Bonchev–Trinajstić information content (AvgIpc) is 2.49. The highest BCUT2D eigenvalue weighted by molar-refractivity contribution is 8.08. The van der Waals surface area contributed by atoms with Crippen molar-refractivity contribution in [2.75, 3.05) is 19.0 Å². The van der Waals surface area contributed by atoms with Crippen molar-refractivity contribution in [2.24, 2.45) is 0 Å². The van der Waals surface area contributed by atoms with Crippen molar-refractivity contribution in [3.63, 3.8) is 0 Å². The Labute approximate surface area is 127 Å². The van der Waals surface area contributed by atoms with E-state index in [-0.39, 0.29) is 11.0 Å². The fraction of sp³-hybridized carbons (Fsp3) is 0.533. The monoisotopic (exact) mass is 310 g/mol. The molecule has 0 aliphatic carbocycles. The van der Waals surface area contributed by atoms with Gasteiger partial charge in [-0.25, -0.2) is 0 Å². The van der Waals surface area contributed by atoms with Gasteiger partial charge in [0.05, 0.1) is 5.25 Å². The number of ether oxygens (including phenoxy) is 2. The summed E-state index contributed by atoms with van der Waals surface area (Å²) >= 11 is 3.68. The summed E-state index contributed by atoms with van der Waals surface area (Å²) in [6.07, 6.45) is 0. The van der Waals surface area contributed by atoms with Crippen LogP contribution in [0, 0.1) is 0 Å². The van der Waals surface area contributed by atoms with Gasteiger partial charge >= 0.3 is 0 Å². The predicted molar refractivity (Wildman–Crippen MR) is 84.5 cm³/mol. The summed E-state index contributed by atoms with van der Waals surface area (Å²) in [5, 5.41) is 1.18. The molecule has 1 saturated heterocycles. The third-order valence-corrected chi connectivity index (χ3v) is 7.06. The van der Waals surface area contributed by atoms with Crippen molar-refractivity contribution < 1.29 is 14.3 Å². The lowest BCUT2D eigenvalue weighted by Gasteiger charge is -2.30. The molecule has 5 heteroatoms. The summed E-state index contributed by atoms with van der Waals surface area (Å²) in [7, 11) is 0. The van der Waals surface area contributed by atoms with Gasteiger partial charge in [0, 0.05) is 21.8 Å². The fourth-order valence-electron chi connectivity index (χ4n) is 2.30. The maximum absolute atomic E-state index is 12.6. The first-order chi connectivity index (χ1) is 9.65. The smallest absolute Gasteiger partial charge is 0.176 e. The van der Waals surface area contributed by atoms with Gasteiger partial charge < -0.3 is 9.47 Å². The van der Waals surface area contributed by atoms with Crippen LogP contribution in [0.5, 0.6) is 11.5 Å². The van der Waals surface area contributed by atoms with Gasteiger partial charge in [0.25, 0.3) is 0 Å². The maximum Gasteiger partial charge on any atom is 0.176 e. The zero-order valence-corrected chi connectivity index (χ0v) is 13.3. The molecule has 1 aromatic carbocycles. The molecule has 0 radical (unpaired) electrons. The lowest BCUT2D eigenvalue weighted by Crippen LogP contribution is -2.31. The van der Waals surface area contributed by atoms with Gasteiger partial charge in [0.1, 0.15) is 13.2 Å². The summed E-state index contributed by atoms with van der Waals surface area (Å²) in [6, 6.07) is 5.52. The quantitative estimate of drug-likeness (QED) is 0.784. The number of fused-ring (bicyclic) bond motifs is 1. The number of carbonyl (C=O) groups is 1. The van der Waals surface area contributed by atoms with E-state index in [1.54, 1.807) is 11.8 Å². The number of hydrogen-bond donors (Lipinski definition) is 0. The van der Waals surface area contributed by atoms with Gasteiger partial charge in [-0.15, -0.1) is 11.8 Å². The summed E-state index contributed by atoms with van der Waals surface area (Å²) in [6.45, 7) is 5.55. The molecule has 108 valence electrons. The maximum atomic E-state index is 12.6. The highest BCUT2D eigenvalue weighted by atomic mass is 32.2. The van der Waals surface area contributed by atoms with Crippen LogP contribution < -0.4 is 9.47 Å². The van der Waals surface area contributed by atoms with E-state index in [0.717, 1.165) is 17.1 Å². The third-order valence-electron chi connectivity index (χ3n) is 3.67. The van der Waals surface area contributed by atoms with Crippen molar-refractivity contribution in [1.82, 2.24) is 0 Å². The average molecular weight is 310 g/mol. The summed E-state index contributed by atoms with van der Waals surface area (Å²) < 4.78 is 11.0. The minimum absolute atomic E-state index is 0.0498. The van der Waals surface area contributed by atoms with Crippen LogP contribution in [-0.4, -0.2) is 40.5 Å². The van der Waals surface area contributed by atoms with Crippen molar-refractivity contribution in [2.45, 2.75) is 29.6 Å². The molecule has 0 N–H and O–H groups in total. The van der Waals surface area contributed by atoms with E-state index in [1.807, 2.05) is 30.0 Å². The van der Waals surface area contributed by atoms with Crippen LogP contribution in [0.25, 0.3) is 0 Å². The second-order valence-corrected chi connectivity index (χ2v) is 8.09. The van der Waals surface area contributed by atoms with E-state index in [1.165, 1.54) is 0 Å². The molecule has 20 heavy (non-hydrogen) atoms. The molecular formula is C15H18O3S2. The lowest BCUT2D eigenvalue weighted by atomic mass is 10.1. The Balaban J connectivity index is 1.77. The second kappa shape index (κ2) is 5.90. The van der Waals surface area contributed by atoms with Crippen LogP contribution in [0.4, 0.5) is 0 Å². The number of thioether (sulfide) groups is 2. The molecule has 0 saturated carbocycles. The van der Waals surface area contributed by atoms with E-state index in [0.29, 0.717) is 29.5 Å². The lowest BCUT2D eigenvalue weighted by molar-refractivity contribution is 0.0993. The highest BCUT2D eigenvalue weighted by Gasteiger charge is 2.31. The first kappa shape index (κ1) is 14.1. The topological polar surface area (TPSA) is 35.5 Å². The van der Waals surface area contributed by atoms with Gasteiger partial charge in [0.15, 0.2) is 17.3 Å².